The third kappa shape index (κ3) is 4.19. The summed E-state index contributed by atoms with van der Waals surface area (Å²) >= 11 is 0. The van der Waals surface area contributed by atoms with Crippen LogP contribution in [-0.2, 0) is 4.74 Å². The first-order chi connectivity index (χ1) is 14.3. The van der Waals surface area contributed by atoms with E-state index in [0.717, 1.165) is 11.1 Å². The fourth-order valence-electron chi connectivity index (χ4n) is 3.62. The van der Waals surface area contributed by atoms with E-state index in [-0.39, 0.29) is 6.04 Å². The lowest BCUT2D eigenvalue weighted by atomic mass is 10.2. The summed E-state index contributed by atoms with van der Waals surface area (Å²) in [6.07, 6.45) is 6.90. The van der Waals surface area contributed by atoms with Gasteiger partial charge in [0.2, 0.25) is 0 Å². The maximum atomic E-state index is 13.5. The van der Waals surface area contributed by atoms with Crippen molar-refractivity contribution in [3.05, 3.63) is 43.0 Å². The van der Waals surface area contributed by atoms with Crippen molar-refractivity contribution in [2.24, 2.45) is 0 Å². The molecule has 158 valence electrons. The van der Waals surface area contributed by atoms with Gasteiger partial charge >= 0.3 is 6.09 Å². The van der Waals surface area contributed by atoms with Crippen molar-refractivity contribution in [2.45, 2.75) is 44.9 Å². The Kier molecular flexibility index (Phi) is 5.27. The Balaban J connectivity index is 1.50. The van der Waals surface area contributed by atoms with Crippen LogP contribution in [0.25, 0.3) is 16.8 Å². The van der Waals surface area contributed by atoms with E-state index in [2.05, 4.69) is 20.4 Å². The van der Waals surface area contributed by atoms with Gasteiger partial charge in [-0.15, -0.1) is 0 Å². The standard InChI is InChI=1S/C21H25FN6O2/c1-21(2,3)30-20(29)27-13-14(8-15(27)9-22)25-19-12-23-11-17(26-19)16-10-24-28-7-5-4-6-18(16)28/h4-7,10-12,14-15H,8-9,13H2,1-3H3,(H,25,26). The number of alkyl halides is 1. The molecule has 0 radical (unpaired) electrons. The largest absolute Gasteiger partial charge is 0.444 e. The molecule has 2 unspecified atom stereocenters. The number of pyridine rings is 1. The minimum absolute atomic E-state index is 0.147. The zero-order chi connectivity index (χ0) is 21.3. The number of halogens is 1. The third-order valence-electron chi connectivity index (χ3n) is 4.91. The lowest BCUT2D eigenvalue weighted by Gasteiger charge is -2.27. The average Bonchev–Trinajstić information content (AvgIpc) is 3.31. The van der Waals surface area contributed by atoms with Gasteiger partial charge < -0.3 is 15.0 Å². The van der Waals surface area contributed by atoms with Gasteiger partial charge in [-0.2, -0.15) is 5.10 Å². The molecule has 1 saturated heterocycles. The number of hydrogen-bond acceptors (Lipinski definition) is 6. The summed E-state index contributed by atoms with van der Waals surface area (Å²) in [6.45, 7) is 5.10. The smallest absolute Gasteiger partial charge is 0.410 e. The number of ether oxygens (including phenoxy) is 1. The van der Waals surface area contributed by atoms with E-state index in [1.807, 2.05) is 24.4 Å². The average molecular weight is 412 g/mol. The van der Waals surface area contributed by atoms with Gasteiger partial charge in [0.05, 0.1) is 35.8 Å². The Morgan fingerprint density at radius 1 is 1.30 bits per heavy atom. The van der Waals surface area contributed by atoms with E-state index >= 15 is 0 Å². The topological polar surface area (TPSA) is 84.6 Å². The van der Waals surface area contributed by atoms with Crippen molar-refractivity contribution in [1.82, 2.24) is 24.5 Å². The van der Waals surface area contributed by atoms with Crippen molar-refractivity contribution in [3.8, 4) is 11.3 Å². The van der Waals surface area contributed by atoms with Crippen LogP contribution >= 0.6 is 0 Å². The Bertz CT molecular complexity index is 1050. The molecule has 9 heteroatoms. The van der Waals surface area contributed by atoms with Gasteiger partial charge in [-0.1, -0.05) is 6.07 Å². The van der Waals surface area contributed by atoms with Crippen LogP contribution in [-0.4, -0.2) is 61.5 Å². The number of likely N-dealkylation sites (tertiary alicyclic amines) is 1. The predicted molar refractivity (Wildman–Crippen MR) is 111 cm³/mol. The minimum atomic E-state index is -0.627. The van der Waals surface area contributed by atoms with E-state index in [1.165, 1.54) is 4.90 Å². The molecule has 4 rings (SSSR count). The van der Waals surface area contributed by atoms with Gasteiger partial charge in [0.15, 0.2) is 0 Å². The highest BCUT2D eigenvalue weighted by atomic mass is 19.1. The molecule has 0 saturated carbocycles. The van der Waals surface area contributed by atoms with Crippen LogP contribution in [0.4, 0.5) is 15.0 Å². The highest BCUT2D eigenvalue weighted by Gasteiger charge is 2.37. The monoisotopic (exact) mass is 412 g/mol. The lowest BCUT2D eigenvalue weighted by molar-refractivity contribution is 0.0206. The third-order valence-corrected chi connectivity index (χ3v) is 4.91. The van der Waals surface area contributed by atoms with Crippen LogP contribution in [0.3, 0.4) is 0 Å². The van der Waals surface area contributed by atoms with Gasteiger partial charge in [-0.3, -0.25) is 4.98 Å². The van der Waals surface area contributed by atoms with Gasteiger partial charge in [-0.05, 0) is 39.3 Å². The van der Waals surface area contributed by atoms with Crippen LogP contribution in [0, 0.1) is 0 Å². The number of anilines is 1. The number of aromatic nitrogens is 4. The molecule has 0 aliphatic carbocycles. The molecule has 1 fully saturated rings. The first kappa shape index (κ1) is 20.1. The summed E-state index contributed by atoms with van der Waals surface area (Å²) in [4.78, 5) is 22.8. The maximum Gasteiger partial charge on any atom is 0.410 e. The minimum Gasteiger partial charge on any atom is -0.444 e. The van der Waals surface area contributed by atoms with Crippen molar-refractivity contribution < 1.29 is 13.9 Å². The summed E-state index contributed by atoms with van der Waals surface area (Å²) < 4.78 is 20.7. The quantitative estimate of drug-likeness (QED) is 0.705. The number of rotatable bonds is 4. The van der Waals surface area contributed by atoms with E-state index in [9.17, 15) is 9.18 Å². The molecule has 0 bridgehead atoms. The molecule has 1 aliphatic heterocycles. The summed E-state index contributed by atoms with van der Waals surface area (Å²) in [5, 5.41) is 7.62. The van der Waals surface area contributed by atoms with Crippen molar-refractivity contribution >= 4 is 17.4 Å². The predicted octanol–water partition coefficient (Wildman–Crippen LogP) is 3.55. The lowest BCUT2D eigenvalue weighted by Crippen LogP contribution is -2.41. The van der Waals surface area contributed by atoms with Crippen molar-refractivity contribution in [3.63, 3.8) is 0 Å². The normalized spacial score (nSPS) is 19.3. The van der Waals surface area contributed by atoms with E-state index < -0.39 is 24.4 Å². The van der Waals surface area contributed by atoms with Crippen LogP contribution in [0.5, 0.6) is 0 Å². The second-order valence-corrected chi connectivity index (χ2v) is 8.40. The molecular weight excluding hydrogens is 387 g/mol. The van der Waals surface area contributed by atoms with Gasteiger partial charge in [0, 0.05) is 24.3 Å². The first-order valence-corrected chi connectivity index (χ1v) is 9.91. The number of hydrogen-bond donors (Lipinski definition) is 1. The SMILES string of the molecule is CC(C)(C)OC(=O)N1CC(Nc2cncc(-c3cnn4ccccc34)n2)CC1CF. The second kappa shape index (κ2) is 7.89. The number of carbonyl (C=O) groups is 1. The Labute approximate surface area is 174 Å². The molecule has 0 aromatic carbocycles. The van der Waals surface area contributed by atoms with Gasteiger partial charge in [0.25, 0.3) is 0 Å². The fraction of sp³-hybridized carbons (Fsp3) is 0.429. The van der Waals surface area contributed by atoms with Crippen LogP contribution in [0.1, 0.15) is 27.2 Å². The summed E-state index contributed by atoms with van der Waals surface area (Å²) in [5.74, 6) is 0.566. The number of fused-ring (bicyclic) bond motifs is 1. The molecule has 30 heavy (non-hydrogen) atoms. The molecule has 0 spiro atoms. The van der Waals surface area contributed by atoms with E-state index in [4.69, 9.17) is 4.74 Å². The summed E-state index contributed by atoms with van der Waals surface area (Å²) in [6, 6.07) is 5.15. The highest BCUT2D eigenvalue weighted by molar-refractivity contribution is 5.77. The van der Waals surface area contributed by atoms with Gasteiger partial charge in [-0.25, -0.2) is 18.7 Å². The van der Waals surface area contributed by atoms with Crippen molar-refractivity contribution in [2.75, 3.05) is 18.5 Å². The Hall–Kier alpha value is -3.23. The summed E-state index contributed by atoms with van der Waals surface area (Å²) in [7, 11) is 0. The zero-order valence-corrected chi connectivity index (χ0v) is 17.2. The van der Waals surface area contributed by atoms with Gasteiger partial charge in [0.1, 0.15) is 18.1 Å². The number of amides is 1. The molecule has 3 aromatic heterocycles. The Morgan fingerprint density at radius 3 is 2.90 bits per heavy atom. The maximum absolute atomic E-state index is 13.5. The first-order valence-electron chi connectivity index (χ1n) is 9.91. The van der Waals surface area contributed by atoms with Crippen LogP contribution in [0.2, 0.25) is 0 Å². The highest BCUT2D eigenvalue weighted by Crippen LogP contribution is 2.26. The zero-order valence-electron chi connectivity index (χ0n) is 17.2. The molecule has 1 amide bonds. The van der Waals surface area contributed by atoms with E-state index in [0.29, 0.717) is 24.5 Å². The fourth-order valence-corrected chi connectivity index (χ4v) is 3.62. The number of nitrogens with zero attached hydrogens (tertiary/aromatic N) is 5. The van der Waals surface area contributed by atoms with Crippen molar-refractivity contribution in [1.29, 1.82) is 0 Å². The molecule has 3 aromatic rings. The number of carbonyl (C=O) groups excluding carboxylic acids is 1. The molecule has 8 nitrogen and oxygen atoms in total. The number of nitrogens with one attached hydrogen (secondary N) is 1. The van der Waals surface area contributed by atoms with Crippen LogP contribution in [0.15, 0.2) is 43.0 Å². The molecule has 4 heterocycles. The second-order valence-electron chi connectivity index (χ2n) is 8.40. The molecule has 1 aliphatic rings. The van der Waals surface area contributed by atoms with Crippen LogP contribution < -0.4 is 5.32 Å². The molecule has 2 atom stereocenters. The molecule has 1 N–H and O–H groups in total. The Morgan fingerprint density at radius 2 is 2.13 bits per heavy atom. The van der Waals surface area contributed by atoms with E-state index in [1.54, 1.807) is 43.9 Å². The summed E-state index contributed by atoms with van der Waals surface area (Å²) in [5.41, 5.74) is 1.86. The molecular formula is C21H25FN6O2.